The first-order valence-corrected chi connectivity index (χ1v) is 10.3. The fraction of sp³-hybridized carbons (Fsp3) is 0.778. The van der Waals surface area contributed by atoms with Gasteiger partial charge in [0.2, 0.25) is 0 Å². The third kappa shape index (κ3) is 4.60. The summed E-state index contributed by atoms with van der Waals surface area (Å²) in [5, 5.41) is 10.1. The van der Waals surface area contributed by atoms with E-state index in [0.29, 0.717) is 5.92 Å². The molecular weight excluding hydrogens is 304 g/mol. The summed E-state index contributed by atoms with van der Waals surface area (Å²) in [4.78, 5) is 2.59. The Bertz CT molecular complexity index is 487. The smallest absolute Gasteiger partial charge is 0.191 e. The van der Waals surface area contributed by atoms with Crippen LogP contribution in [0, 0.1) is 0 Å². The number of hydrogen-bond acceptors (Lipinski definition) is 4. The zero-order chi connectivity index (χ0) is 15.9. The SMILES string of the molecule is C=CCn1c(SCCN2CCCCC2)nnc1C1CCCCC1. The summed E-state index contributed by atoms with van der Waals surface area (Å²) in [6.45, 7) is 8.47. The first-order valence-electron chi connectivity index (χ1n) is 9.27. The number of hydrogen-bond donors (Lipinski definition) is 0. The molecule has 1 aromatic rings. The summed E-state index contributed by atoms with van der Waals surface area (Å²) in [6.07, 6.45) is 12.7. The van der Waals surface area contributed by atoms with Gasteiger partial charge in [-0.05, 0) is 38.8 Å². The van der Waals surface area contributed by atoms with E-state index in [2.05, 4.69) is 26.2 Å². The van der Waals surface area contributed by atoms with E-state index in [1.807, 2.05) is 17.8 Å². The van der Waals surface area contributed by atoms with E-state index < -0.39 is 0 Å². The van der Waals surface area contributed by atoms with Crippen molar-refractivity contribution in [2.24, 2.45) is 0 Å². The van der Waals surface area contributed by atoms with Gasteiger partial charge in [0, 0.05) is 24.8 Å². The second-order valence-electron chi connectivity index (χ2n) is 6.83. The molecule has 0 bridgehead atoms. The van der Waals surface area contributed by atoms with E-state index >= 15 is 0 Å². The largest absolute Gasteiger partial charge is 0.303 e. The minimum absolute atomic E-state index is 0.604. The third-order valence-corrected chi connectivity index (χ3v) is 6.06. The Morgan fingerprint density at radius 1 is 1.04 bits per heavy atom. The number of thioether (sulfide) groups is 1. The predicted octanol–water partition coefficient (Wildman–Crippen LogP) is 4.09. The monoisotopic (exact) mass is 334 g/mol. The van der Waals surface area contributed by atoms with Crippen molar-refractivity contribution < 1.29 is 0 Å². The van der Waals surface area contributed by atoms with Gasteiger partial charge in [-0.1, -0.05) is 43.5 Å². The van der Waals surface area contributed by atoms with Gasteiger partial charge in [0.25, 0.3) is 0 Å². The molecule has 1 aromatic heterocycles. The maximum Gasteiger partial charge on any atom is 0.191 e. The van der Waals surface area contributed by atoms with Gasteiger partial charge in [-0.25, -0.2) is 0 Å². The molecule has 3 rings (SSSR count). The highest BCUT2D eigenvalue weighted by Crippen LogP contribution is 2.33. The summed E-state index contributed by atoms with van der Waals surface area (Å²) in [6, 6.07) is 0. The number of likely N-dealkylation sites (tertiary alicyclic amines) is 1. The van der Waals surface area contributed by atoms with Crippen LogP contribution in [0.15, 0.2) is 17.8 Å². The van der Waals surface area contributed by atoms with E-state index in [-0.39, 0.29) is 0 Å². The number of rotatable bonds is 7. The van der Waals surface area contributed by atoms with Gasteiger partial charge in [-0.15, -0.1) is 16.8 Å². The van der Waals surface area contributed by atoms with Crippen molar-refractivity contribution in [3.8, 4) is 0 Å². The average Bonchev–Trinajstić information content (AvgIpc) is 3.00. The highest BCUT2D eigenvalue weighted by molar-refractivity contribution is 7.99. The van der Waals surface area contributed by atoms with Crippen LogP contribution in [-0.4, -0.2) is 45.1 Å². The molecule has 1 saturated heterocycles. The molecular formula is C18H30N4S. The molecule has 0 atom stereocenters. The number of allylic oxidation sites excluding steroid dienone is 1. The Kier molecular flexibility index (Phi) is 6.57. The zero-order valence-electron chi connectivity index (χ0n) is 14.3. The van der Waals surface area contributed by atoms with Crippen LogP contribution in [0.5, 0.6) is 0 Å². The molecule has 5 heteroatoms. The molecule has 0 radical (unpaired) electrons. The van der Waals surface area contributed by atoms with Gasteiger partial charge in [-0.2, -0.15) is 0 Å². The summed E-state index contributed by atoms with van der Waals surface area (Å²) >= 11 is 1.87. The Labute approximate surface area is 144 Å². The summed E-state index contributed by atoms with van der Waals surface area (Å²) in [5.41, 5.74) is 0. The van der Waals surface area contributed by atoms with Gasteiger partial charge >= 0.3 is 0 Å². The van der Waals surface area contributed by atoms with Crippen LogP contribution in [0.2, 0.25) is 0 Å². The molecule has 23 heavy (non-hydrogen) atoms. The van der Waals surface area contributed by atoms with Crippen LogP contribution in [0.3, 0.4) is 0 Å². The summed E-state index contributed by atoms with van der Waals surface area (Å²) in [7, 11) is 0. The highest BCUT2D eigenvalue weighted by Gasteiger charge is 2.23. The number of piperidine rings is 1. The number of nitrogens with zero attached hydrogens (tertiary/aromatic N) is 4. The van der Waals surface area contributed by atoms with Crippen LogP contribution in [0.1, 0.15) is 63.1 Å². The molecule has 0 aromatic carbocycles. The lowest BCUT2D eigenvalue weighted by molar-refractivity contribution is 0.242. The minimum Gasteiger partial charge on any atom is -0.303 e. The van der Waals surface area contributed by atoms with Gasteiger partial charge in [-0.3, -0.25) is 0 Å². The van der Waals surface area contributed by atoms with Crippen molar-refractivity contribution in [2.75, 3.05) is 25.4 Å². The Morgan fingerprint density at radius 3 is 2.52 bits per heavy atom. The Morgan fingerprint density at radius 2 is 1.78 bits per heavy atom. The molecule has 1 aliphatic carbocycles. The van der Waals surface area contributed by atoms with Gasteiger partial charge < -0.3 is 9.47 Å². The number of aromatic nitrogens is 3. The zero-order valence-corrected chi connectivity index (χ0v) is 15.1. The van der Waals surface area contributed by atoms with Crippen molar-refractivity contribution in [3.63, 3.8) is 0 Å². The molecule has 2 heterocycles. The van der Waals surface area contributed by atoms with Gasteiger partial charge in [0.05, 0.1) is 0 Å². The average molecular weight is 335 g/mol. The van der Waals surface area contributed by atoms with Gasteiger partial charge in [0.15, 0.2) is 5.16 Å². The molecule has 2 aliphatic rings. The molecule has 0 amide bonds. The first kappa shape index (κ1) is 17.0. The summed E-state index contributed by atoms with van der Waals surface area (Å²) in [5.74, 6) is 2.91. The van der Waals surface area contributed by atoms with Crippen LogP contribution in [0.4, 0.5) is 0 Å². The van der Waals surface area contributed by atoms with Crippen molar-refractivity contribution >= 4 is 11.8 Å². The fourth-order valence-corrected chi connectivity index (χ4v) is 4.77. The molecule has 128 valence electrons. The van der Waals surface area contributed by atoms with E-state index in [1.165, 1.54) is 76.8 Å². The Balaban J connectivity index is 1.59. The van der Waals surface area contributed by atoms with Gasteiger partial charge in [0.1, 0.15) is 5.82 Å². The lowest BCUT2D eigenvalue weighted by Crippen LogP contribution is -2.31. The molecule has 2 fully saturated rings. The second kappa shape index (κ2) is 8.88. The van der Waals surface area contributed by atoms with Crippen LogP contribution >= 0.6 is 11.8 Å². The normalized spacial score (nSPS) is 20.7. The van der Waals surface area contributed by atoms with E-state index in [4.69, 9.17) is 0 Å². The molecule has 0 unspecified atom stereocenters. The lowest BCUT2D eigenvalue weighted by atomic mass is 9.89. The minimum atomic E-state index is 0.604. The van der Waals surface area contributed by atoms with E-state index in [0.717, 1.165) is 17.5 Å². The van der Waals surface area contributed by atoms with Crippen molar-refractivity contribution in [1.82, 2.24) is 19.7 Å². The molecule has 1 saturated carbocycles. The van der Waals surface area contributed by atoms with Crippen LogP contribution in [-0.2, 0) is 6.54 Å². The quantitative estimate of drug-likeness (QED) is 0.555. The second-order valence-corrected chi connectivity index (χ2v) is 7.89. The summed E-state index contributed by atoms with van der Waals surface area (Å²) < 4.78 is 2.31. The topological polar surface area (TPSA) is 34.0 Å². The van der Waals surface area contributed by atoms with E-state index in [9.17, 15) is 0 Å². The lowest BCUT2D eigenvalue weighted by Gasteiger charge is -2.26. The van der Waals surface area contributed by atoms with E-state index in [1.54, 1.807) is 0 Å². The maximum absolute atomic E-state index is 4.55. The molecule has 1 aliphatic heterocycles. The fourth-order valence-electron chi connectivity index (χ4n) is 3.82. The van der Waals surface area contributed by atoms with Crippen molar-refractivity contribution in [1.29, 1.82) is 0 Å². The molecule has 0 spiro atoms. The van der Waals surface area contributed by atoms with Crippen LogP contribution < -0.4 is 0 Å². The predicted molar refractivity (Wildman–Crippen MR) is 97.1 cm³/mol. The first-order chi connectivity index (χ1) is 11.4. The highest BCUT2D eigenvalue weighted by atomic mass is 32.2. The maximum atomic E-state index is 4.55. The Hall–Kier alpha value is -0.810. The molecule has 0 N–H and O–H groups in total. The van der Waals surface area contributed by atoms with Crippen molar-refractivity contribution in [3.05, 3.63) is 18.5 Å². The van der Waals surface area contributed by atoms with Crippen molar-refractivity contribution in [2.45, 2.75) is 69.0 Å². The standard InChI is InChI=1S/C18H30N4S/c1-2-11-22-17(16-9-5-3-6-10-16)19-20-18(22)23-15-14-21-12-7-4-8-13-21/h2,16H,1,3-15H2. The molecule has 4 nitrogen and oxygen atoms in total. The third-order valence-electron chi connectivity index (χ3n) is 5.11. The van der Waals surface area contributed by atoms with Crippen LogP contribution in [0.25, 0.3) is 0 Å².